The van der Waals surface area contributed by atoms with Crippen LogP contribution in [-0.2, 0) is 0 Å². The van der Waals surface area contributed by atoms with Gasteiger partial charge in [0.1, 0.15) is 11.6 Å². The van der Waals surface area contributed by atoms with E-state index in [0.717, 1.165) is 16.8 Å². The monoisotopic (exact) mass is 360 g/mol. The summed E-state index contributed by atoms with van der Waals surface area (Å²) in [7, 11) is 0. The molecule has 3 nitrogen and oxygen atoms in total. The van der Waals surface area contributed by atoms with Crippen molar-refractivity contribution < 1.29 is 4.74 Å². The maximum absolute atomic E-state index is 6.10. The fourth-order valence-corrected chi connectivity index (χ4v) is 2.28. The van der Waals surface area contributed by atoms with Gasteiger partial charge >= 0.3 is 0 Å². The Morgan fingerprint density at radius 2 is 2.05 bits per heavy atom. The van der Waals surface area contributed by atoms with E-state index in [1.54, 1.807) is 18.2 Å². The van der Waals surface area contributed by atoms with Crippen molar-refractivity contribution in [2.24, 2.45) is 0 Å². The summed E-state index contributed by atoms with van der Waals surface area (Å²) in [6.07, 6.45) is 0. The van der Waals surface area contributed by atoms with Crippen molar-refractivity contribution in [3.63, 3.8) is 0 Å². The van der Waals surface area contributed by atoms with Crippen molar-refractivity contribution in [1.82, 2.24) is 4.98 Å². The van der Waals surface area contributed by atoms with E-state index in [1.165, 1.54) is 0 Å². The number of anilines is 1. The summed E-state index contributed by atoms with van der Waals surface area (Å²) in [6.45, 7) is 2.79. The Bertz CT molecular complexity index is 593. The molecule has 0 saturated heterocycles. The Labute approximate surface area is 130 Å². The van der Waals surface area contributed by atoms with E-state index in [1.807, 2.05) is 19.1 Å². The molecule has 1 heterocycles. The number of halogens is 3. The van der Waals surface area contributed by atoms with Crippen LogP contribution in [0.25, 0.3) is 0 Å². The smallest absolute Gasteiger partial charge is 0.221 e. The second-order valence-electron chi connectivity index (χ2n) is 3.69. The van der Waals surface area contributed by atoms with Crippen LogP contribution in [0.3, 0.4) is 0 Å². The molecule has 6 heteroatoms. The highest BCUT2D eigenvalue weighted by molar-refractivity contribution is 9.10. The minimum absolute atomic E-state index is 0.457. The van der Waals surface area contributed by atoms with Gasteiger partial charge in [0.15, 0.2) is 0 Å². The number of nitrogens with one attached hydrogen (secondary N) is 1. The van der Waals surface area contributed by atoms with Gasteiger partial charge in [0.05, 0.1) is 10.0 Å². The maximum Gasteiger partial charge on any atom is 0.221 e. The molecular weight excluding hydrogens is 351 g/mol. The van der Waals surface area contributed by atoms with Crippen LogP contribution >= 0.6 is 39.1 Å². The van der Waals surface area contributed by atoms with Gasteiger partial charge in [-0.05, 0) is 35.0 Å². The van der Waals surface area contributed by atoms with Crippen LogP contribution in [-0.4, -0.2) is 11.5 Å². The highest BCUT2D eigenvalue weighted by Gasteiger charge is 2.08. The Morgan fingerprint density at radius 3 is 2.79 bits per heavy atom. The first-order valence-corrected chi connectivity index (χ1v) is 7.18. The number of ether oxygens (including phenoxy) is 1. The zero-order valence-electron chi connectivity index (χ0n) is 10.1. The quantitative estimate of drug-likeness (QED) is 0.742. The van der Waals surface area contributed by atoms with Crippen LogP contribution in [0.15, 0.2) is 34.8 Å². The molecule has 0 spiro atoms. The van der Waals surface area contributed by atoms with Crippen molar-refractivity contribution in [2.75, 3.05) is 11.9 Å². The minimum Gasteiger partial charge on any atom is -0.437 e. The lowest BCUT2D eigenvalue weighted by Crippen LogP contribution is -1.99. The van der Waals surface area contributed by atoms with E-state index in [-0.39, 0.29) is 0 Å². The predicted octanol–water partition coefficient (Wildman–Crippen LogP) is 5.38. The summed E-state index contributed by atoms with van der Waals surface area (Å²) in [4.78, 5) is 4.30. The van der Waals surface area contributed by atoms with Gasteiger partial charge < -0.3 is 10.1 Å². The summed E-state index contributed by atoms with van der Waals surface area (Å²) >= 11 is 15.4. The third-order valence-electron chi connectivity index (χ3n) is 2.27. The molecule has 100 valence electrons. The van der Waals surface area contributed by atoms with Crippen molar-refractivity contribution >= 4 is 44.9 Å². The molecule has 0 aliphatic heterocycles. The van der Waals surface area contributed by atoms with Crippen LogP contribution in [0.5, 0.6) is 11.6 Å². The van der Waals surface area contributed by atoms with Crippen molar-refractivity contribution in [3.05, 3.63) is 44.8 Å². The first-order valence-electron chi connectivity index (χ1n) is 5.63. The Morgan fingerprint density at radius 1 is 1.26 bits per heavy atom. The van der Waals surface area contributed by atoms with Gasteiger partial charge in [-0.15, -0.1) is 0 Å². The standard InChI is InChI=1S/C13H11BrCl2N2O/c1-2-17-12-4-3-5-13(18-12)19-11-7-9(15)8(14)6-10(11)16/h3-7H,2H2,1H3,(H,17,18). The molecule has 2 aromatic rings. The van der Waals surface area contributed by atoms with E-state index < -0.39 is 0 Å². The van der Waals surface area contributed by atoms with E-state index in [4.69, 9.17) is 27.9 Å². The average Bonchev–Trinajstić information content (AvgIpc) is 2.37. The molecule has 19 heavy (non-hydrogen) atoms. The molecular formula is C13H11BrCl2N2O. The summed E-state index contributed by atoms with van der Waals surface area (Å²) < 4.78 is 6.37. The average molecular weight is 362 g/mol. The molecule has 0 saturated carbocycles. The fraction of sp³-hybridized carbons (Fsp3) is 0.154. The normalized spacial score (nSPS) is 10.3. The van der Waals surface area contributed by atoms with Crippen molar-refractivity contribution in [1.29, 1.82) is 0 Å². The van der Waals surface area contributed by atoms with Gasteiger partial charge in [-0.25, -0.2) is 0 Å². The number of hydrogen-bond donors (Lipinski definition) is 1. The minimum atomic E-state index is 0.457. The molecule has 1 N–H and O–H groups in total. The Balaban J connectivity index is 2.25. The zero-order chi connectivity index (χ0) is 13.8. The van der Waals surface area contributed by atoms with Crippen LogP contribution in [0, 0.1) is 0 Å². The summed E-state index contributed by atoms with van der Waals surface area (Å²) in [5, 5.41) is 4.11. The number of rotatable bonds is 4. The number of aromatic nitrogens is 1. The van der Waals surface area contributed by atoms with Gasteiger partial charge in [-0.1, -0.05) is 29.3 Å². The number of pyridine rings is 1. The van der Waals surface area contributed by atoms with E-state index in [9.17, 15) is 0 Å². The molecule has 1 aromatic heterocycles. The van der Waals surface area contributed by atoms with Gasteiger partial charge in [-0.2, -0.15) is 4.98 Å². The van der Waals surface area contributed by atoms with Gasteiger partial charge in [0, 0.05) is 23.2 Å². The zero-order valence-corrected chi connectivity index (χ0v) is 13.2. The van der Waals surface area contributed by atoms with E-state index in [0.29, 0.717) is 21.7 Å². The van der Waals surface area contributed by atoms with Gasteiger partial charge in [0.2, 0.25) is 5.88 Å². The van der Waals surface area contributed by atoms with E-state index in [2.05, 4.69) is 26.2 Å². The van der Waals surface area contributed by atoms with Crippen LogP contribution in [0.1, 0.15) is 6.92 Å². The molecule has 0 amide bonds. The highest BCUT2D eigenvalue weighted by Crippen LogP contribution is 2.36. The lowest BCUT2D eigenvalue weighted by atomic mass is 10.3. The molecule has 0 aliphatic rings. The number of benzene rings is 1. The van der Waals surface area contributed by atoms with Gasteiger partial charge in [-0.3, -0.25) is 0 Å². The Kier molecular flexibility index (Phi) is 4.91. The summed E-state index contributed by atoms with van der Waals surface area (Å²) in [5.41, 5.74) is 0. The molecule has 0 radical (unpaired) electrons. The number of nitrogens with zero attached hydrogens (tertiary/aromatic N) is 1. The highest BCUT2D eigenvalue weighted by atomic mass is 79.9. The topological polar surface area (TPSA) is 34.1 Å². The number of hydrogen-bond acceptors (Lipinski definition) is 3. The second-order valence-corrected chi connectivity index (χ2v) is 5.36. The first-order chi connectivity index (χ1) is 9.10. The maximum atomic E-state index is 6.10. The second kappa shape index (κ2) is 6.46. The largest absolute Gasteiger partial charge is 0.437 e. The molecule has 0 fully saturated rings. The van der Waals surface area contributed by atoms with Crippen molar-refractivity contribution in [2.45, 2.75) is 6.92 Å². The first kappa shape index (κ1) is 14.4. The molecule has 0 unspecified atom stereocenters. The molecule has 1 aromatic carbocycles. The molecule has 2 rings (SSSR count). The summed E-state index contributed by atoms with van der Waals surface area (Å²) in [6, 6.07) is 8.82. The van der Waals surface area contributed by atoms with Gasteiger partial charge in [0.25, 0.3) is 0 Å². The SMILES string of the molecule is CCNc1cccc(Oc2cc(Cl)c(Br)cc2Cl)n1. The Hall–Kier alpha value is -0.970. The van der Waals surface area contributed by atoms with Crippen molar-refractivity contribution in [3.8, 4) is 11.6 Å². The molecule has 0 bridgehead atoms. The lowest BCUT2D eigenvalue weighted by Gasteiger charge is -2.09. The van der Waals surface area contributed by atoms with Crippen LogP contribution < -0.4 is 10.1 Å². The summed E-state index contributed by atoms with van der Waals surface area (Å²) in [5.74, 6) is 1.68. The van der Waals surface area contributed by atoms with Crippen LogP contribution in [0.2, 0.25) is 10.0 Å². The predicted molar refractivity (Wildman–Crippen MR) is 82.6 cm³/mol. The fourth-order valence-electron chi connectivity index (χ4n) is 1.45. The lowest BCUT2D eigenvalue weighted by molar-refractivity contribution is 0.464. The third kappa shape index (κ3) is 3.75. The molecule has 0 atom stereocenters. The van der Waals surface area contributed by atoms with E-state index >= 15 is 0 Å². The van der Waals surface area contributed by atoms with Crippen LogP contribution in [0.4, 0.5) is 5.82 Å². The third-order valence-corrected chi connectivity index (χ3v) is 3.76. The molecule has 0 aliphatic carbocycles.